The number of hydrogen-bond donors (Lipinski definition) is 1. The Morgan fingerprint density at radius 2 is 1.80 bits per heavy atom. The first-order valence-corrected chi connectivity index (χ1v) is 6.36. The molecule has 0 aliphatic carbocycles. The molecule has 20 heavy (non-hydrogen) atoms. The van der Waals surface area contributed by atoms with E-state index in [0.29, 0.717) is 12.1 Å². The van der Waals surface area contributed by atoms with Crippen LogP contribution < -0.4 is 5.32 Å². The fraction of sp³-hybridized carbons (Fsp3) is 0.188. The molecule has 1 amide bonds. The minimum absolute atomic E-state index is 0.317. The van der Waals surface area contributed by atoms with Crippen LogP contribution >= 0.6 is 0 Å². The van der Waals surface area contributed by atoms with Gasteiger partial charge in [0.1, 0.15) is 0 Å². The molecule has 0 aliphatic heterocycles. The van der Waals surface area contributed by atoms with E-state index >= 15 is 0 Å². The lowest BCUT2D eigenvalue weighted by Crippen LogP contribution is -2.31. The minimum atomic E-state index is -0.587. The van der Waals surface area contributed by atoms with E-state index in [9.17, 15) is 9.59 Å². The molecule has 0 aliphatic rings. The van der Waals surface area contributed by atoms with E-state index < -0.39 is 11.7 Å². The highest BCUT2D eigenvalue weighted by atomic mass is 16.2. The molecule has 0 bridgehead atoms. The predicted octanol–water partition coefficient (Wildman–Crippen LogP) is 2.20. The lowest BCUT2D eigenvalue weighted by molar-refractivity contribution is -0.117. The zero-order chi connectivity index (χ0) is 14.5. The molecule has 4 heteroatoms. The maximum absolute atomic E-state index is 12.1. The molecule has 0 unspecified atom stereocenters. The topological polar surface area (TPSA) is 59.1 Å². The van der Waals surface area contributed by atoms with Gasteiger partial charge in [0.05, 0.1) is 0 Å². The number of aryl methyl sites for hydroxylation is 2. The molecule has 0 saturated heterocycles. The highest BCUT2D eigenvalue weighted by molar-refractivity contribution is 6.43. The number of Topliss-reactive ketones (excluding diaryl/α,β-unsaturated/α-hetero) is 1. The predicted molar refractivity (Wildman–Crippen MR) is 76.3 cm³/mol. The number of nitrogens with one attached hydrogen (secondary N) is 1. The van der Waals surface area contributed by atoms with Crippen molar-refractivity contribution in [2.45, 2.75) is 20.4 Å². The molecule has 1 N–H and O–H groups in total. The Labute approximate surface area is 117 Å². The van der Waals surface area contributed by atoms with Gasteiger partial charge in [-0.15, -0.1) is 0 Å². The van der Waals surface area contributed by atoms with Crippen molar-refractivity contribution < 1.29 is 9.59 Å². The van der Waals surface area contributed by atoms with Gasteiger partial charge in [-0.2, -0.15) is 0 Å². The zero-order valence-electron chi connectivity index (χ0n) is 11.5. The summed E-state index contributed by atoms with van der Waals surface area (Å²) >= 11 is 0. The van der Waals surface area contributed by atoms with Gasteiger partial charge in [-0.3, -0.25) is 14.6 Å². The second-order valence-corrected chi connectivity index (χ2v) is 4.69. The Morgan fingerprint density at radius 1 is 1.10 bits per heavy atom. The van der Waals surface area contributed by atoms with Gasteiger partial charge in [0.2, 0.25) is 5.78 Å². The third kappa shape index (κ3) is 3.29. The number of hydrogen-bond acceptors (Lipinski definition) is 3. The van der Waals surface area contributed by atoms with Crippen molar-refractivity contribution in [2.75, 3.05) is 0 Å². The molecular formula is C16H16N2O2. The van der Waals surface area contributed by atoms with Crippen LogP contribution in [0.25, 0.3) is 0 Å². The van der Waals surface area contributed by atoms with E-state index in [4.69, 9.17) is 0 Å². The number of ketones is 1. The molecule has 1 aromatic heterocycles. The third-order valence-corrected chi connectivity index (χ3v) is 3.05. The lowest BCUT2D eigenvalue weighted by atomic mass is 10.0. The maximum Gasteiger partial charge on any atom is 0.292 e. The number of carbonyl (C=O) groups excluding carboxylic acids is 2. The molecule has 4 nitrogen and oxygen atoms in total. The summed E-state index contributed by atoms with van der Waals surface area (Å²) in [4.78, 5) is 27.9. The number of carbonyl (C=O) groups is 2. The van der Waals surface area contributed by atoms with Gasteiger partial charge in [-0.05, 0) is 43.2 Å². The van der Waals surface area contributed by atoms with Crippen molar-refractivity contribution >= 4 is 11.7 Å². The lowest BCUT2D eigenvalue weighted by Gasteiger charge is -2.07. The summed E-state index contributed by atoms with van der Waals surface area (Å²) in [5, 5.41) is 2.63. The maximum atomic E-state index is 12.1. The van der Waals surface area contributed by atoms with E-state index in [1.165, 1.54) is 0 Å². The Balaban J connectivity index is 2.06. The summed E-state index contributed by atoms with van der Waals surface area (Å²) in [7, 11) is 0. The molecule has 0 saturated carbocycles. The molecular weight excluding hydrogens is 252 g/mol. The fourth-order valence-electron chi connectivity index (χ4n) is 1.87. The van der Waals surface area contributed by atoms with Gasteiger partial charge in [-0.1, -0.05) is 17.7 Å². The van der Waals surface area contributed by atoms with Gasteiger partial charge in [0.15, 0.2) is 0 Å². The Morgan fingerprint density at radius 3 is 2.50 bits per heavy atom. The molecule has 0 atom stereocenters. The summed E-state index contributed by atoms with van der Waals surface area (Å²) in [5.74, 6) is -1.09. The van der Waals surface area contributed by atoms with E-state index in [1.807, 2.05) is 26.0 Å². The summed E-state index contributed by atoms with van der Waals surface area (Å²) in [6.45, 7) is 4.03. The SMILES string of the molecule is Cc1ccc(C)c(C(=O)C(=O)NCc2ccncc2)c1. The van der Waals surface area contributed by atoms with Crippen molar-refractivity contribution in [3.05, 3.63) is 65.0 Å². The number of benzene rings is 1. The summed E-state index contributed by atoms with van der Waals surface area (Å²) < 4.78 is 0. The second-order valence-electron chi connectivity index (χ2n) is 4.69. The number of pyridine rings is 1. The first kappa shape index (κ1) is 13.9. The molecule has 1 heterocycles. The number of amides is 1. The van der Waals surface area contributed by atoms with Gasteiger partial charge in [0.25, 0.3) is 5.91 Å². The standard InChI is InChI=1S/C16H16N2O2/c1-11-3-4-12(2)14(9-11)15(19)16(20)18-10-13-5-7-17-8-6-13/h3-9H,10H2,1-2H3,(H,18,20). The fourth-order valence-corrected chi connectivity index (χ4v) is 1.87. The van der Waals surface area contributed by atoms with Crippen LogP contribution in [0.15, 0.2) is 42.7 Å². The quantitative estimate of drug-likeness (QED) is 0.683. The third-order valence-electron chi connectivity index (χ3n) is 3.05. The van der Waals surface area contributed by atoms with Crippen LogP contribution in [0.5, 0.6) is 0 Å². The second kappa shape index (κ2) is 6.10. The monoisotopic (exact) mass is 268 g/mol. The van der Waals surface area contributed by atoms with Crippen molar-refractivity contribution in [3.63, 3.8) is 0 Å². The molecule has 0 spiro atoms. The van der Waals surface area contributed by atoms with Crippen molar-refractivity contribution in [2.24, 2.45) is 0 Å². The van der Waals surface area contributed by atoms with Crippen LogP contribution in [0.2, 0.25) is 0 Å². The van der Waals surface area contributed by atoms with Gasteiger partial charge in [0, 0.05) is 24.5 Å². The van der Waals surface area contributed by atoms with Crippen LogP contribution in [0.4, 0.5) is 0 Å². The first-order valence-electron chi connectivity index (χ1n) is 6.36. The van der Waals surface area contributed by atoms with E-state index in [2.05, 4.69) is 10.3 Å². The van der Waals surface area contributed by atoms with Crippen LogP contribution in [0.1, 0.15) is 27.0 Å². The number of aromatic nitrogens is 1. The smallest absolute Gasteiger partial charge is 0.292 e. The normalized spacial score (nSPS) is 10.1. The van der Waals surface area contributed by atoms with Crippen LogP contribution in [-0.4, -0.2) is 16.7 Å². The Kier molecular flexibility index (Phi) is 4.25. The Hall–Kier alpha value is -2.49. The number of rotatable bonds is 4. The zero-order valence-corrected chi connectivity index (χ0v) is 11.5. The van der Waals surface area contributed by atoms with Crippen molar-refractivity contribution in [3.8, 4) is 0 Å². The summed E-state index contributed by atoms with van der Waals surface area (Å²) in [6, 6.07) is 9.09. The van der Waals surface area contributed by atoms with Crippen molar-refractivity contribution in [1.29, 1.82) is 0 Å². The van der Waals surface area contributed by atoms with E-state index in [0.717, 1.165) is 16.7 Å². The molecule has 1 aromatic carbocycles. The van der Waals surface area contributed by atoms with E-state index in [-0.39, 0.29) is 0 Å². The van der Waals surface area contributed by atoms with Crippen molar-refractivity contribution in [1.82, 2.24) is 10.3 Å². The highest BCUT2D eigenvalue weighted by Crippen LogP contribution is 2.11. The average Bonchev–Trinajstić information content (AvgIpc) is 2.47. The Bertz CT molecular complexity index is 636. The van der Waals surface area contributed by atoms with Crippen LogP contribution in [0, 0.1) is 13.8 Å². The van der Waals surface area contributed by atoms with Crippen LogP contribution in [-0.2, 0) is 11.3 Å². The largest absolute Gasteiger partial charge is 0.345 e. The summed E-state index contributed by atoms with van der Waals surface area (Å²) in [6.07, 6.45) is 3.29. The molecule has 0 fully saturated rings. The van der Waals surface area contributed by atoms with Gasteiger partial charge >= 0.3 is 0 Å². The summed E-state index contributed by atoms with van der Waals surface area (Å²) in [5.41, 5.74) is 3.12. The molecule has 2 aromatic rings. The molecule has 102 valence electrons. The molecule has 0 radical (unpaired) electrons. The highest BCUT2D eigenvalue weighted by Gasteiger charge is 2.17. The van der Waals surface area contributed by atoms with Gasteiger partial charge < -0.3 is 5.32 Å². The van der Waals surface area contributed by atoms with Gasteiger partial charge in [-0.25, -0.2) is 0 Å². The minimum Gasteiger partial charge on any atom is -0.345 e. The number of nitrogens with zero attached hydrogens (tertiary/aromatic N) is 1. The first-order chi connectivity index (χ1) is 9.58. The van der Waals surface area contributed by atoms with Crippen LogP contribution in [0.3, 0.4) is 0 Å². The molecule has 2 rings (SSSR count). The average molecular weight is 268 g/mol. The van der Waals surface area contributed by atoms with E-state index in [1.54, 1.807) is 30.6 Å².